The molecule has 2 rings (SSSR count). The van der Waals surface area contributed by atoms with Crippen molar-refractivity contribution in [1.82, 2.24) is 5.32 Å². The van der Waals surface area contributed by atoms with E-state index in [2.05, 4.69) is 5.32 Å². The third-order valence-electron chi connectivity index (χ3n) is 3.43. The van der Waals surface area contributed by atoms with Gasteiger partial charge in [-0.25, -0.2) is 4.79 Å². The number of ether oxygens (including phenoxy) is 1. The Balaban J connectivity index is 2.33. The molecule has 1 aliphatic heterocycles. The molecular formula is C17H20N2O6. The van der Waals surface area contributed by atoms with Gasteiger partial charge in [0.2, 0.25) is 0 Å². The Labute approximate surface area is 144 Å². The molecule has 0 spiro atoms. The van der Waals surface area contributed by atoms with E-state index in [4.69, 9.17) is 9.84 Å². The number of carbonyl (C=O) groups excluding carboxylic acids is 3. The smallest absolute Gasteiger partial charge is 0.408 e. The molecule has 134 valence electrons. The largest absolute Gasteiger partial charge is 0.480 e. The molecule has 1 aromatic carbocycles. The number of anilines is 1. The van der Waals surface area contributed by atoms with Gasteiger partial charge in [0.25, 0.3) is 5.91 Å². The lowest BCUT2D eigenvalue weighted by molar-refractivity contribution is -0.136. The number of carbonyl (C=O) groups is 4. The first-order valence-electron chi connectivity index (χ1n) is 7.73. The minimum absolute atomic E-state index is 0.216. The number of Topliss-reactive ketones (excluding diaryl/α,β-unsaturated/α-hetero) is 1. The average Bonchev–Trinajstić information content (AvgIpc) is 2.57. The van der Waals surface area contributed by atoms with E-state index in [1.807, 2.05) is 0 Å². The summed E-state index contributed by atoms with van der Waals surface area (Å²) >= 11 is 0. The van der Waals surface area contributed by atoms with Gasteiger partial charge in [0.05, 0.1) is 5.69 Å². The maximum absolute atomic E-state index is 12.7. The predicted octanol–water partition coefficient (Wildman–Crippen LogP) is 1.58. The maximum Gasteiger partial charge on any atom is 0.408 e. The summed E-state index contributed by atoms with van der Waals surface area (Å²) in [5.41, 5.74) is -0.315. The molecule has 0 aromatic heterocycles. The summed E-state index contributed by atoms with van der Waals surface area (Å²) in [5.74, 6) is -2.27. The Morgan fingerprint density at radius 3 is 2.52 bits per heavy atom. The van der Waals surface area contributed by atoms with Crippen LogP contribution >= 0.6 is 0 Å². The highest BCUT2D eigenvalue weighted by Crippen LogP contribution is 2.27. The van der Waals surface area contributed by atoms with Gasteiger partial charge in [0, 0.05) is 12.0 Å². The topological polar surface area (TPSA) is 113 Å². The Kier molecular flexibility index (Phi) is 5.10. The minimum Gasteiger partial charge on any atom is -0.480 e. The van der Waals surface area contributed by atoms with Crippen LogP contribution in [-0.4, -0.2) is 47.0 Å². The summed E-state index contributed by atoms with van der Waals surface area (Å²) < 4.78 is 5.11. The third kappa shape index (κ3) is 4.56. The van der Waals surface area contributed by atoms with E-state index in [1.165, 1.54) is 12.1 Å². The van der Waals surface area contributed by atoms with Crippen LogP contribution in [0.1, 0.15) is 37.6 Å². The molecule has 8 heteroatoms. The molecule has 1 aliphatic rings. The number of nitrogens with zero attached hydrogens (tertiary/aromatic N) is 1. The van der Waals surface area contributed by atoms with Gasteiger partial charge in [0.1, 0.15) is 18.2 Å². The summed E-state index contributed by atoms with van der Waals surface area (Å²) in [6, 6.07) is 5.06. The van der Waals surface area contributed by atoms with Crippen molar-refractivity contribution >= 4 is 29.4 Å². The molecule has 0 saturated heterocycles. The zero-order valence-corrected chi connectivity index (χ0v) is 14.2. The van der Waals surface area contributed by atoms with Crippen molar-refractivity contribution < 1.29 is 29.0 Å². The number of carboxylic acid groups (broad SMARTS) is 1. The van der Waals surface area contributed by atoms with Crippen LogP contribution in [-0.2, 0) is 14.3 Å². The van der Waals surface area contributed by atoms with Gasteiger partial charge >= 0.3 is 12.1 Å². The standard InChI is InChI=1S/C17H20N2O6/c1-17(2,3)25-16(24)18-11-8-13(20)10-6-4-5-7-12(10)19(15(11)23)9-14(21)22/h4-7,11H,8-9H2,1-3H3,(H,18,24)(H,21,22). The second-order valence-electron chi connectivity index (χ2n) is 6.66. The van der Waals surface area contributed by atoms with E-state index < -0.39 is 36.2 Å². The van der Waals surface area contributed by atoms with E-state index in [1.54, 1.807) is 32.9 Å². The molecule has 8 nitrogen and oxygen atoms in total. The summed E-state index contributed by atoms with van der Waals surface area (Å²) in [5, 5.41) is 11.5. The molecule has 0 radical (unpaired) electrons. The number of aliphatic carboxylic acids is 1. The summed E-state index contributed by atoms with van der Waals surface area (Å²) in [6.45, 7) is 4.38. The van der Waals surface area contributed by atoms with E-state index in [0.717, 1.165) is 4.90 Å². The number of fused-ring (bicyclic) bond motifs is 1. The Morgan fingerprint density at radius 1 is 1.28 bits per heavy atom. The minimum atomic E-state index is -1.23. The number of hydrogen-bond donors (Lipinski definition) is 2. The second-order valence-corrected chi connectivity index (χ2v) is 6.66. The Hall–Kier alpha value is -2.90. The van der Waals surface area contributed by atoms with Gasteiger partial charge in [-0.15, -0.1) is 0 Å². The fourth-order valence-electron chi connectivity index (χ4n) is 2.50. The second kappa shape index (κ2) is 6.92. The number of nitrogens with one attached hydrogen (secondary N) is 1. The fourth-order valence-corrected chi connectivity index (χ4v) is 2.50. The lowest BCUT2D eigenvalue weighted by Crippen LogP contribution is -2.50. The Bertz CT molecular complexity index is 722. The molecule has 0 aliphatic carbocycles. The van der Waals surface area contributed by atoms with Crippen molar-refractivity contribution in [1.29, 1.82) is 0 Å². The van der Waals surface area contributed by atoms with Crippen LogP contribution < -0.4 is 10.2 Å². The zero-order chi connectivity index (χ0) is 18.8. The monoisotopic (exact) mass is 348 g/mol. The Morgan fingerprint density at radius 2 is 1.92 bits per heavy atom. The predicted molar refractivity (Wildman–Crippen MR) is 88.5 cm³/mol. The van der Waals surface area contributed by atoms with E-state index in [-0.39, 0.29) is 23.5 Å². The molecule has 2 N–H and O–H groups in total. The van der Waals surface area contributed by atoms with Crippen molar-refractivity contribution in [2.24, 2.45) is 0 Å². The number of ketones is 1. The number of hydrogen-bond acceptors (Lipinski definition) is 5. The highest BCUT2D eigenvalue weighted by molar-refractivity contribution is 6.13. The lowest BCUT2D eigenvalue weighted by Gasteiger charge is -2.25. The molecule has 1 atom stereocenters. The highest BCUT2D eigenvalue weighted by atomic mass is 16.6. The zero-order valence-electron chi connectivity index (χ0n) is 14.2. The SMILES string of the molecule is CC(C)(C)OC(=O)NC1CC(=O)c2ccccc2N(CC(=O)O)C1=O. The molecule has 1 unspecified atom stereocenters. The van der Waals surface area contributed by atoms with Gasteiger partial charge in [-0.2, -0.15) is 0 Å². The molecule has 1 aromatic rings. The van der Waals surface area contributed by atoms with E-state index >= 15 is 0 Å². The highest BCUT2D eigenvalue weighted by Gasteiger charge is 2.36. The van der Waals surface area contributed by atoms with Crippen LogP contribution in [0.25, 0.3) is 0 Å². The summed E-state index contributed by atoms with van der Waals surface area (Å²) in [7, 11) is 0. The van der Waals surface area contributed by atoms with Crippen LogP contribution in [0.15, 0.2) is 24.3 Å². The first-order valence-corrected chi connectivity index (χ1v) is 7.73. The number of para-hydroxylation sites is 1. The van der Waals surface area contributed by atoms with Crippen LogP contribution in [0.4, 0.5) is 10.5 Å². The van der Waals surface area contributed by atoms with E-state index in [9.17, 15) is 19.2 Å². The molecule has 0 fully saturated rings. The van der Waals surface area contributed by atoms with E-state index in [0.29, 0.717) is 0 Å². The molecular weight excluding hydrogens is 328 g/mol. The van der Waals surface area contributed by atoms with Gasteiger partial charge in [0.15, 0.2) is 5.78 Å². The van der Waals surface area contributed by atoms with Crippen molar-refractivity contribution in [2.75, 3.05) is 11.4 Å². The lowest BCUT2D eigenvalue weighted by atomic mass is 10.0. The van der Waals surface area contributed by atoms with Crippen molar-refractivity contribution in [3.8, 4) is 0 Å². The quantitative estimate of drug-likeness (QED) is 0.857. The van der Waals surface area contributed by atoms with Crippen LogP contribution in [0.3, 0.4) is 0 Å². The molecule has 0 bridgehead atoms. The molecule has 25 heavy (non-hydrogen) atoms. The number of rotatable bonds is 3. The number of carboxylic acids is 1. The number of amides is 2. The number of alkyl carbamates (subject to hydrolysis) is 1. The summed E-state index contributed by atoms with van der Waals surface area (Å²) in [6.07, 6.45) is -1.12. The van der Waals surface area contributed by atoms with Gasteiger partial charge in [-0.05, 0) is 32.9 Å². The van der Waals surface area contributed by atoms with Crippen LogP contribution in [0.5, 0.6) is 0 Å². The molecule has 2 amide bonds. The van der Waals surface area contributed by atoms with Gasteiger partial charge < -0.3 is 15.2 Å². The van der Waals surface area contributed by atoms with Crippen molar-refractivity contribution in [2.45, 2.75) is 38.8 Å². The average molecular weight is 348 g/mol. The molecule has 1 heterocycles. The first kappa shape index (κ1) is 18.4. The van der Waals surface area contributed by atoms with Crippen molar-refractivity contribution in [3.05, 3.63) is 29.8 Å². The van der Waals surface area contributed by atoms with Crippen molar-refractivity contribution in [3.63, 3.8) is 0 Å². The van der Waals surface area contributed by atoms with Gasteiger partial charge in [-0.3, -0.25) is 19.3 Å². The number of benzene rings is 1. The van der Waals surface area contributed by atoms with Crippen LogP contribution in [0.2, 0.25) is 0 Å². The first-order chi connectivity index (χ1) is 11.6. The summed E-state index contributed by atoms with van der Waals surface area (Å²) in [4.78, 5) is 49.3. The fraction of sp³-hybridized carbons (Fsp3) is 0.412. The van der Waals surface area contributed by atoms with Crippen LogP contribution in [0, 0.1) is 0 Å². The van der Waals surface area contributed by atoms with Gasteiger partial charge in [-0.1, -0.05) is 12.1 Å². The maximum atomic E-state index is 12.7. The normalized spacial score (nSPS) is 17.6. The molecule has 0 saturated carbocycles. The third-order valence-corrected chi connectivity index (χ3v) is 3.43.